The number of carbonyl (C=O) groups excluding carboxylic acids is 1. The van der Waals surface area contributed by atoms with Gasteiger partial charge in [0.1, 0.15) is 13.2 Å². The van der Waals surface area contributed by atoms with Crippen molar-refractivity contribution in [2.75, 3.05) is 25.6 Å². The lowest BCUT2D eigenvalue weighted by atomic mass is 10.1. The Morgan fingerprint density at radius 3 is 2.74 bits per heavy atom. The number of hydrogen-bond acceptors (Lipinski definition) is 4. The molecule has 3 aromatic rings. The molecular formula is C20H19N3O4. The van der Waals surface area contributed by atoms with Crippen LogP contribution in [-0.2, 0) is 6.54 Å². The van der Waals surface area contributed by atoms with E-state index in [0.29, 0.717) is 36.9 Å². The van der Waals surface area contributed by atoms with Gasteiger partial charge in [0.2, 0.25) is 5.56 Å². The van der Waals surface area contributed by atoms with Crippen molar-refractivity contribution < 1.29 is 14.3 Å². The number of benzene rings is 2. The van der Waals surface area contributed by atoms with E-state index >= 15 is 0 Å². The smallest absolute Gasteiger partial charge is 0.321 e. The molecule has 7 heteroatoms. The highest BCUT2D eigenvalue weighted by Crippen LogP contribution is 2.32. The molecule has 2 N–H and O–H groups in total. The zero-order valence-corrected chi connectivity index (χ0v) is 14.8. The number of para-hydroxylation sites is 1. The summed E-state index contributed by atoms with van der Waals surface area (Å²) in [6.45, 7) is 1.31. The van der Waals surface area contributed by atoms with E-state index in [4.69, 9.17) is 9.47 Å². The monoisotopic (exact) mass is 365 g/mol. The maximum atomic E-state index is 12.6. The first-order valence-electron chi connectivity index (χ1n) is 8.63. The van der Waals surface area contributed by atoms with Crippen LogP contribution < -0.4 is 20.3 Å². The lowest BCUT2D eigenvalue weighted by Gasteiger charge is -2.21. The highest BCUT2D eigenvalue weighted by Gasteiger charge is 2.15. The van der Waals surface area contributed by atoms with Crippen LogP contribution in [0.1, 0.15) is 5.56 Å². The van der Waals surface area contributed by atoms with Crippen molar-refractivity contribution in [1.29, 1.82) is 0 Å². The van der Waals surface area contributed by atoms with E-state index in [2.05, 4.69) is 10.3 Å². The first-order valence-corrected chi connectivity index (χ1v) is 8.63. The van der Waals surface area contributed by atoms with Gasteiger partial charge in [0.25, 0.3) is 0 Å². The van der Waals surface area contributed by atoms with Gasteiger partial charge in [-0.3, -0.25) is 4.79 Å². The number of nitrogens with zero attached hydrogens (tertiary/aromatic N) is 1. The van der Waals surface area contributed by atoms with Crippen LogP contribution >= 0.6 is 0 Å². The molecule has 2 aromatic carbocycles. The largest absolute Gasteiger partial charge is 0.486 e. The summed E-state index contributed by atoms with van der Waals surface area (Å²) in [4.78, 5) is 28.8. The Morgan fingerprint density at radius 1 is 1.11 bits per heavy atom. The average molecular weight is 365 g/mol. The van der Waals surface area contributed by atoms with E-state index in [1.807, 2.05) is 24.3 Å². The molecule has 0 spiro atoms. The number of pyridine rings is 1. The van der Waals surface area contributed by atoms with E-state index in [9.17, 15) is 9.59 Å². The van der Waals surface area contributed by atoms with Crippen LogP contribution in [0.2, 0.25) is 0 Å². The highest BCUT2D eigenvalue weighted by atomic mass is 16.6. The number of nitrogens with one attached hydrogen (secondary N) is 2. The van der Waals surface area contributed by atoms with Gasteiger partial charge in [-0.15, -0.1) is 0 Å². The number of anilines is 1. The molecule has 2 amide bonds. The molecule has 0 aliphatic carbocycles. The first-order chi connectivity index (χ1) is 13.1. The lowest BCUT2D eigenvalue weighted by molar-refractivity contribution is 0.171. The third kappa shape index (κ3) is 3.57. The number of rotatable bonds is 3. The molecule has 0 saturated heterocycles. The maximum Gasteiger partial charge on any atom is 0.321 e. The van der Waals surface area contributed by atoms with Crippen LogP contribution in [0.3, 0.4) is 0 Å². The molecule has 0 bridgehead atoms. The molecule has 0 fully saturated rings. The molecule has 0 atom stereocenters. The second-order valence-corrected chi connectivity index (χ2v) is 6.35. The molecule has 1 aliphatic heterocycles. The van der Waals surface area contributed by atoms with Gasteiger partial charge < -0.3 is 24.7 Å². The average Bonchev–Trinajstić information content (AvgIpc) is 2.67. The van der Waals surface area contributed by atoms with Gasteiger partial charge in [0.15, 0.2) is 11.5 Å². The summed E-state index contributed by atoms with van der Waals surface area (Å²) in [6.07, 6.45) is 0. The molecule has 4 rings (SSSR count). The number of H-pyrrole nitrogens is 1. The summed E-state index contributed by atoms with van der Waals surface area (Å²) in [7, 11) is 1.68. The minimum Gasteiger partial charge on any atom is -0.486 e. The van der Waals surface area contributed by atoms with Gasteiger partial charge in [0, 0.05) is 42.3 Å². The number of fused-ring (bicyclic) bond motifs is 2. The Hall–Kier alpha value is -3.48. The molecule has 0 saturated carbocycles. The number of ether oxygens (including phenoxy) is 2. The molecule has 7 nitrogen and oxygen atoms in total. The Labute approximate surface area is 155 Å². The van der Waals surface area contributed by atoms with Gasteiger partial charge in [-0.2, -0.15) is 0 Å². The van der Waals surface area contributed by atoms with Gasteiger partial charge in [0.05, 0.1) is 0 Å². The number of amides is 2. The van der Waals surface area contributed by atoms with Crippen molar-refractivity contribution in [3.63, 3.8) is 0 Å². The number of hydrogen-bond donors (Lipinski definition) is 2. The normalized spacial score (nSPS) is 12.6. The fraction of sp³-hybridized carbons (Fsp3) is 0.200. The first kappa shape index (κ1) is 17.0. The van der Waals surface area contributed by atoms with E-state index < -0.39 is 0 Å². The molecule has 1 aliphatic rings. The molecule has 27 heavy (non-hydrogen) atoms. The third-order valence-corrected chi connectivity index (χ3v) is 4.38. The SMILES string of the molecule is CN(Cc1cc(=O)[nH]c2ccccc12)C(=O)Nc1ccc2c(c1)OCCO2. The van der Waals surface area contributed by atoms with Crippen LogP contribution in [0.15, 0.2) is 53.3 Å². The van der Waals surface area contributed by atoms with Crippen LogP contribution in [0.5, 0.6) is 11.5 Å². The van der Waals surface area contributed by atoms with Crippen molar-refractivity contribution in [3.8, 4) is 11.5 Å². The van der Waals surface area contributed by atoms with Crippen molar-refractivity contribution in [2.45, 2.75) is 6.54 Å². The Morgan fingerprint density at radius 2 is 1.89 bits per heavy atom. The zero-order chi connectivity index (χ0) is 18.8. The molecule has 0 radical (unpaired) electrons. The highest BCUT2D eigenvalue weighted by molar-refractivity contribution is 5.90. The van der Waals surface area contributed by atoms with Crippen LogP contribution in [0.4, 0.5) is 10.5 Å². The zero-order valence-electron chi connectivity index (χ0n) is 14.8. The quantitative estimate of drug-likeness (QED) is 0.747. The molecule has 0 unspecified atom stereocenters. The molecule has 1 aromatic heterocycles. The Balaban J connectivity index is 1.51. The molecular weight excluding hydrogens is 346 g/mol. The van der Waals surface area contributed by atoms with E-state index in [1.54, 1.807) is 25.2 Å². The van der Waals surface area contributed by atoms with Crippen molar-refractivity contribution >= 4 is 22.6 Å². The molecule has 2 heterocycles. The van der Waals surface area contributed by atoms with Gasteiger partial charge in [-0.1, -0.05) is 18.2 Å². The molecule has 138 valence electrons. The fourth-order valence-corrected chi connectivity index (χ4v) is 3.08. The number of urea groups is 1. The van der Waals surface area contributed by atoms with Crippen LogP contribution in [0.25, 0.3) is 10.9 Å². The predicted octanol–water partition coefficient (Wildman–Crippen LogP) is 2.96. The summed E-state index contributed by atoms with van der Waals surface area (Å²) in [5, 5.41) is 3.75. The van der Waals surface area contributed by atoms with Gasteiger partial charge in [-0.05, 0) is 23.8 Å². The van der Waals surface area contributed by atoms with E-state index in [0.717, 1.165) is 16.5 Å². The third-order valence-electron chi connectivity index (χ3n) is 4.38. The fourth-order valence-electron chi connectivity index (χ4n) is 3.08. The minimum absolute atomic E-state index is 0.190. The summed E-state index contributed by atoms with van der Waals surface area (Å²) in [5.74, 6) is 1.28. The van der Waals surface area contributed by atoms with Crippen molar-refractivity contribution in [3.05, 3.63) is 64.4 Å². The Kier molecular flexibility index (Phi) is 4.42. The number of aromatic nitrogens is 1. The van der Waals surface area contributed by atoms with Gasteiger partial charge in [-0.25, -0.2) is 4.79 Å². The maximum absolute atomic E-state index is 12.6. The van der Waals surface area contributed by atoms with E-state index in [1.165, 1.54) is 11.0 Å². The standard InChI is InChI=1S/C20H19N3O4/c1-23(12-13-10-19(24)22-16-5-3-2-4-15(13)16)20(25)21-14-6-7-17-18(11-14)27-9-8-26-17/h2-7,10-11H,8-9,12H2,1H3,(H,21,25)(H,22,24). The summed E-state index contributed by atoms with van der Waals surface area (Å²) in [5.41, 5.74) is 1.96. The summed E-state index contributed by atoms with van der Waals surface area (Å²) >= 11 is 0. The second-order valence-electron chi connectivity index (χ2n) is 6.35. The Bertz CT molecular complexity index is 1060. The predicted molar refractivity (Wildman–Crippen MR) is 102 cm³/mol. The summed E-state index contributed by atoms with van der Waals surface area (Å²) in [6, 6.07) is 14.0. The number of carbonyl (C=O) groups is 1. The minimum atomic E-state index is -0.281. The van der Waals surface area contributed by atoms with Crippen LogP contribution in [0, 0.1) is 0 Å². The van der Waals surface area contributed by atoms with Crippen molar-refractivity contribution in [2.24, 2.45) is 0 Å². The van der Waals surface area contributed by atoms with Crippen LogP contribution in [-0.4, -0.2) is 36.2 Å². The number of aromatic amines is 1. The van der Waals surface area contributed by atoms with Crippen molar-refractivity contribution in [1.82, 2.24) is 9.88 Å². The second kappa shape index (κ2) is 7.03. The summed E-state index contributed by atoms with van der Waals surface area (Å²) < 4.78 is 11.0. The van der Waals surface area contributed by atoms with E-state index in [-0.39, 0.29) is 11.6 Å². The topological polar surface area (TPSA) is 83.7 Å². The lowest BCUT2D eigenvalue weighted by Crippen LogP contribution is -2.31. The van der Waals surface area contributed by atoms with Gasteiger partial charge >= 0.3 is 6.03 Å².